The van der Waals surface area contributed by atoms with E-state index in [0.717, 1.165) is 71.8 Å². The standard InChI is InChI=1S/C63H37N5S2/c1-4-18-38(19-5-1)48-36-41(37-49(39-20-6-2-7-21-39)56(48)40-22-8-3-9-23-40)61-64-62(67-50-28-14-10-26-46(50)57-52(67)34-32-44-42-24-12-16-30-54(42)69-59(44)57)66-63(65-61)68-51-29-15-11-27-47(51)58-53(68)35-33-45-43-25-13-17-31-55(43)70-60(45)58/h1-37H. The second kappa shape index (κ2) is 15.4. The zero-order valence-electron chi connectivity index (χ0n) is 37.4. The lowest BCUT2D eigenvalue weighted by molar-refractivity contribution is 0.893. The Morgan fingerprint density at radius 1 is 0.300 bits per heavy atom. The van der Waals surface area contributed by atoms with Crippen LogP contribution < -0.4 is 0 Å². The Hall–Kier alpha value is -8.75. The van der Waals surface area contributed by atoms with Crippen molar-refractivity contribution in [2.75, 3.05) is 0 Å². The van der Waals surface area contributed by atoms with Gasteiger partial charge in [-0.1, -0.05) is 176 Å². The molecule has 0 saturated heterocycles. The molecule has 326 valence electrons. The van der Waals surface area contributed by atoms with E-state index >= 15 is 0 Å². The van der Waals surface area contributed by atoms with Gasteiger partial charge in [0.1, 0.15) is 0 Å². The summed E-state index contributed by atoms with van der Waals surface area (Å²) in [7, 11) is 0. The third kappa shape index (κ3) is 5.86. The molecule has 0 fully saturated rings. The van der Waals surface area contributed by atoms with E-state index < -0.39 is 0 Å². The number of hydrogen-bond donors (Lipinski definition) is 0. The van der Waals surface area contributed by atoms with E-state index in [9.17, 15) is 0 Å². The molecule has 0 aliphatic carbocycles. The van der Waals surface area contributed by atoms with Gasteiger partial charge in [0, 0.05) is 67.5 Å². The van der Waals surface area contributed by atoms with Crippen molar-refractivity contribution < 1.29 is 0 Å². The summed E-state index contributed by atoms with van der Waals surface area (Å²) in [6, 6.07) is 80.6. The molecule has 0 spiro atoms. The third-order valence-corrected chi connectivity index (χ3v) is 16.4. The Morgan fingerprint density at radius 2 is 0.700 bits per heavy atom. The average Bonchev–Trinajstić information content (AvgIpc) is 4.19. The van der Waals surface area contributed by atoms with Gasteiger partial charge in [0.25, 0.3) is 0 Å². The number of aromatic nitrogens is 5. The van der Waals surface area contributed by atoms with Gasteiger partial charge >= 0.3 is 0 Å². The van der Waals surface area contributed by atoms with Gasteiger partial charge in [0.05, 0.1) is 22.1 Å². The van der Waals surface area contributed by atoms with Crippen LogP contribution in [0.3, 0.4) is 0 Å². The van der Waals surface area contributed by atoms with Crippen LogP contribution in [-0.4, -0.2) is 24.1 Å². The van der Waals surface area contributed by atoms with Crippen molar-refractivity contribution in [3.8, 4) is 56.7 Å². The highest BCUT2D eigenvalue weighted by molar-refractivity contribution is 7.27. The van der Waals surface area contributed by atoms with Crippen molar-refractivity contribution in [1.29, 1.82) is 0 Å². The summed E-state index contributed by atoms with van der Waals surface area (Å²) >= 11 is 3.70. The lowest BCUT2D eigenvalue weighted by Gasteiger charge is -2.19. The highest BCUT2D eigenvalue weighted by Crippen LogP contribution is 2.47. The minimum Gasteiger partial charge on any atom is -0.278 e. The number of hydrogen-bond acceptors (Lipinski definition) is 5. The van der Waals surface area contributed by atoms with Crippen LogP contribution in [-0.2, 0) is 0 Å². The minimum absolute atomic E-state index is 0.551. The first-order valence-corrected chi connectivity index (χ1v) is 25.2. The van der Waals surface area contributed by atoms with Gasteiger partial charge in [-0.25, -0.2) is 0 Å². The molecule has 0 amide bonds. The maximum atomic E-state index is 5.63. The van der Waals surface area contributed by atoms with Gasteiger partial charge in [0.15, 0.2) is 5.82 Å². The van der Waals surface area contributed by atoms with Crippen molar-refractivity contribution in [3.05, 3.63) is 224 Å². The molecule has 0 unspecified atom stereocenters. The molecule has 70 heavy (non-hydrogen) atoms. The highest BCUT2D eigenvalue weighted by atomic mass is 32.1. The molecular weight excluding hydrogens is 891 g/mol. The lowest BCUT2D eigenvalue weighted by Crippen LogP contribution is -2.10. The molecule has 0 atom stereocenters. The Labute approximate surface area is 409 Å². The quantitative estimate of drug-likeness (QED) is 0.167. The van der Waals surface area contributed by atoms with Gasteiger partial charge in [-0.15, -0.1) is 22.7 Å². The van der Waals surface area contributed by atoms with Crippen LogP contribution >= 0.6 is 22.7 Å². The van der Waals surface area contributed by atoms with E-state index in [2.05, 4.69) is 234 Å². The van der Waals surface area contributed by atoms with Crippen molar-refractivity contribution >= 4 is 107 Å². The average molecular weight is 928 g/mol. The summed E-state index contributed by atoms with van der Waals surface area (Å²) in [5.41, 5.74) is 11.8. The summed E-state index contributed by atoms with van der Waals surface area (Å²) in [6.45, 7) is 0. The highest BCUT2D eigenvalue weighted by Gasteiger charge is 2.25. The van der Waals surface area contributed by atoms with E-state index in [1.807, 2.05) is 22.7 Å². The fourth-order valence-corrected chi connectivity index (χ4v) is 13.5. The predicted octanol–water partition coefficient (Wildman–Crippen LogP) is 17.5. The fourth-order valence-electron chi connectivity index (χ4n) is 11.0. The van der Waals surface area contributed by atoms with Gasteiger partial charge < -0.3 is 0 Å². The minimum atomic E-state index is 0.551. The summed E-state index contributed by atoms with van der Waals surface area (Å²) in [5, 5.41) is 9.77. The summed E-state index contributed by atoms with van der Waals surface area (Å²) in [5.74, 6) is 1.68. The Morgan fingerprint density at radius 3 is 1.17 bits per heavy atom. The van der Waals surface area contributed by atoms with Crippen LogP contribution in [0.1, 0.15) is 0 Å². The molecule has 15 aromatic rings. The molecule has 15 rings (SSSR count). The topological polar surface area (TPSA) is 48.5 Å². The number of thiophene rings is 2. The first kappa shape index (κ1) is 39.3. The second-order valence-corrected chi connectivity index (χ2v) is 20.0. The van der Waals surface area contributed by atoms with Crippen LogP contribution in [0.2, 0.25) is 0 Å². The Bertz CT molecular complexity index is 4320. The molecule has 0 N–H and O–H groups in total. The van der Waals surface area contributed by atoms with Crippen molar-refractivity contribution in [3.63, 3.8) is 0 Å². The molecule has 7 heteroatoms. The van der Waals surface area contributed by atoms with Crippen molar-refractivity contribution in [2.24, 2.45) is 0 Å². The molecule has 5 aromatic heterocycles. The summed E-state index contributed by atoms with van der Waals surface area (Å²) in [4.78, 5) is 16.9. The summed E-state index contributed by atoms with van der Waals surface area (Å²) < 4.78 is 9.58. The van der Waals surface area contributed by atoms with Crippen LogP contribution in [0.25, 0.3) is 141 Å². The second-order valence-electron chi connectivity index (χ2n) is 17.9. The SMILES string of the molecule is c1ccc(-c2cc(-c3nc(-n4c5ccccc5c5c6sc7ccccc7c6ccc54)nc(-n4c5ccccc5c5c6sc7ccccc7c6ccc54)n3)cc(-c3ccccc3)c2-c2ccccc2)cc1. The molecule has 5 nitrogen and oxygen atoms in total. The van der Waals surface area contributed by atoms with Crippen molar-refractivity contribution in [1.82, 2.24) is 24.1 Å². The molecule has 10 aromatic carbocycles. The van der Waals surface area contributed by atoms with Crippen LogP contribution in [0, 0.1) is 0 Å². The maximum absolute atomic E-state index is 5.63. The van der Waals surface area contributed by atoms with E-state index in [-0.39, 0.29) is 0 Å². The number of fused-ring (bicyclic) bond motifs is 14. The van der Waals surface area contributed by atoms with E-state index in [1.165, 1.54) is 51.1 Å². The van der Waals surface area contributed by atoms with Crippen molar-refractivity contribution in [2.45, 2.75) is 0 Å². The van der Waals surface area contributed by atoms with Crippen LogP contribution in [0.15, 0.2) is 224 Å². The largest absolute Gasteiger partial charge is 0.278 e. The van der Waals surface area contributed by atoms with Crippen LogP contribution in [0.5, 0.6) is 0 Å². The first-order chi connectivity index (χ1) is 34.7. The van der Waals surface area contributed by atoms with E-state index in [1.54, 1.807) is 0 Å². The van der Waals surface area contributed by atoms with Gasteiger partial charge in [-0.2, -0.15) is 15.0 Å². The Kier molecular flexibility index (Phi) is 8.63. The third-order valence-electron chi connectivity index (χ3n) is 14.0. The number of para-hydroxylation sites is 2. The molecule has 0 aliphatic heterocycles. The molecule has 0 radical (unpaired) electrons. The molecule has 0 saturated carbocycles. The van der Waals surface area contributed by atoms with Gasteiger partial charge in [0.2, 0.25) is 11.9 Å². The fraction of sp³-hybridized carbons (Fsp3) is 0. The normalized spacial score (nSPS) is 12.0. The number of benzene rings is 10. The molecule has 0 bridgehead atoms. The predicted molar refractivity (Wildman–Crippen MR) is 296 cm³/mol. The first-order valence-electron chi connectivity index (χ1n) is 23.5. The summed E-state index contributed by atoms with van der Waals surface area (Å²) in [6.07, 6.45) is 0. The van der Waals surface area contributed by atoms with Crippen LogP contribution in [0.4, 0.5) is 0 Å². The van der Waals surface area contributed by atoms with Gasteiger partial charge in [-0.05, 0) is 81.9 Å². The molecule has 5 heterocycles. The monoisotopic (exact) mass is 927 g/mol. The lowest BCUT2D eigenvalue weighted by atomic mass is 9.86. The van der Waals surface area contributed by atoms with E-state index in [4.69, 9.17) is 15.0 Å². The molecular formula is C63H37N5S2. The maximum Gasteiger partial charge on any atom is 0.240 e. The Balaban J connectivity index is 1.08. The smallest absolute Gasteiger partial charge is 0.240 e. The van der Waals surface area contributed by atoms with E-state index in [0.29, 0.717) is 17.7 Å². The zero-order valence-corrected chi connectivity index (χ0v) is 39.0. The number of nitrogens with zero attached hydrogens (tertiary/aromatic N) is 5. The molecule has 0 aliphatic rings. The zero-order chi connectivity index (χ0) is 45.9. The number of rotatable bonds is 6. The van der Waals surface area contributed by atoms with Gasteiger partial charge in [-0.3, -0.25) is 9.13 Å².